The lowest BCUT2D eigenvalue weighted by molar-refractivity contribution is 0.0899. The zero-order chi connectivity index (χ0) is 11.7. The zero-order valence-electron chi connectivity index (χ0n) is 10.4. The van der Waals surface area contributed by atoms with Crippen LogP contribution in [-0.2, 0) is 12.8 Å². The van der Waals surface area contributed by atoms with Crippen LogP contribution in [0.1, 0.15) is 48.7 Å². The first-order valence-corrected chi connectivity index (χ1v) is 6.25. The van der Waals surface area contributed by atoms with Crippen LogP contribution >= 0.6 is 0 Å². The summed E-state index contributed by atoms with van der Waals surface area (Å²) in [5.74, 6) is 0.838. The predicted octanol–water partition coefficient (Wildman–Crippen LogP) is 3.65. The summed E-state index contributed by atoms with van der Waals surface area (Å²) >= 11 is 0. The van der Waals surface area contributed by atoms with Crippen LogP contribution in [0.3, 0.4) is 0 Å². The van der Waals surface area contributed by atoms with Crippen molar-refractivity contribution in [3.8, 4) is 0 Å². The molecule has 0 fully saturated rings. The maximum atomic E-state index is 12.2. The van der Waals surface area contributed by atoms with Crippen LogP contribution < -0.4 is 0 Å². The normalized spacial score (nSPS) is 16.2. The summed E-state index contributed by atoms with van der Waals surface area (Å²) in [5, 5.41) is 0. The van der Waals surface area contributed by atoms with Gasteiger partial charge < -0.3 is 0 Å². The van der Waals surface area contributed by atoms with Gasteiger partial charge in [0, 0.05) is 11.5 Å². The third-order valence-corrected chi connectivity index (χ3v) is 3.80. The number of benzene rings is 1. The molecule has 1 nitrogen and oxygen atoms in total. The Morgan fingerprint density at radius 1 is 1.12 bits per heavy atom. The smallest absolute Gasteiger partial charge is 0.165 e. The molecule has 0 bridgehead atoms. The van der Waals surface area contributed by atoms with Gasteiger partial charge in [0.05, 0.1) is 0 Å². The van der Waals surface area contributed by atoms with Gasteiger partial charge in [-0.2, -0.15) is 0 Å². The molecule has 0 N–H and O–H groups in total. The number of Topliss-reactive ketones (excluding diaryl/α,β-unsaturated/α-hetero) is 1. The van der Waals surface area contributed by atoms with Crippen molar-refractivity contribution in [2.75, 3.05) is 0 Å². The van der Waals surface area contributed by atoms with E-state index in [-0.39, 0.29) is 5.92 Å². The lowest BCUT2D eigenvalue weighted by atomic mass is 9.89. The number of hydrogen-bond donors (Lipinski definition) is 0. The van der Waals surface area contributed by atoms with Crippen LogP contribution in [-0.4, -0.2) is 5.78 Å². The average molecular weight is 216 g/mol. The molecule has 1 aliphatic rings. The van der Waals surface area contributed by atoms with E-state index in [0.717, 1.165) is 12.0 Å². The number of rotatable bonds is 3. The fourth-order valence-electron chi connectivity index (χ4n) is 2.29. The standard InChI is InChI=1S/C15H20O/c1-10(2)11(3)15(16)14-8-7-12-5-4-6-13(12)9-14/h7-11H,4-6H2,1-3H3. The minimum Gasteiger partial charge on any atom is -0.294 e. The van der Waals surface area contributed by atoms with Crippen molar-refractivity contribution in [1.29, 1.82) is 0 Å². The van der Waals surface area contributed by atoms with Gasteiger partial charge in [-0.25, -0.2) is 0 Å². The lowest BCUT2D eigenvalue weighted by Gasteiger charge is -2.14. The van der Waals surface area contributed by atoms with Crippen molar-refractivity contribution in [1.82, 2.24) is 0 Å². The first-order valence-electron chi connectivity index (χ1n) is 6.25. The Morgan fingerprint density at radius 2 is 1.81 bits per heavy atom. The summed E-state index contributed by atoms with van der Waals surface area (Å²) in [7, 11) is 0. The molecule has 0 spiro atoms. The Balaban J connectivity index is 2.25. The number of hydrogen-bond acceptors (Lipinski definition) is 1. The van der Waals surface area contributed by atoms with E-state index in [2.05, 4.69) is 26.0 Å². The Hall–Kier alpha value is -1.11. The second kappa shape index (κ2) is 4.40. The van der Waals surface area contributed by atoms with E-state index in [1.807, 2.05) is 13.0 Å². The number of ketones is 1. The number of aryl methyl sites for hydroxylation is 2. The van der Waals surface area contributed by atoms with Crippen LogP contribution in [0.4, 0.5) is 0 Å². The van der Waals surface area contributed by atoms with Gasteiger partial charge in [0.25, 0.3) is 0 Å². The van der Waals surface area contributed by atoms with Crippen molar-refractivity contribution in [2.24, 2.45) is 11.8 Å². The highest BCUT2D eigenvalue weighted by atomic mass is 16.1. The van der Waals surface area contributed by atoms with E-state index in [4.69, 9.17) is 0 Å². The third kappa shape index (κ3) is 2.04. The summed E-state index contributed by atoms with van der Waals surface area (Å²) in [5.41, 5.74) is 3.73. The molecule has 0 amide bonds. The largest absolute Gasteiger partial charge is 0.294 e. The quantitative estimate of drug-likeness (QED) is 0.705. The van der Waals surface area contributed by atoms with Crippen LogP contribution in [0.15, 0.2) is 18.2 Å². The zero-order valence-corrected chi connectivity index (χ0v) is 10.4. The van der Waals surface area contributed by atoms with Gasteiger partial charge in [-0.15, -0.1) is 0 Å². The van der Waals surface area contributed by atoms with Gasteiger partial charge in [-0.3, -0.25) is 4.79 Å². The van der Waals surface area contributed by atoms with E-state index >= 15 is 0 Å². The van der Waals surface area contributed by atoms with Crippen molar-refractivity contribution in [3.05, 3.63) is 34.9 Å². The number of carbonyl (C=O) groups excluding carboxylic acids is 1. The van der Waals surface area contributed by atoms with Crippen molar-refractivity contribution in [3.63, 3.8) is 0 Å². The van der Waals surface area contributed by atoms with E-state index in [1.54, 1.807) is 0 Å². The summed E-state index contributed by atoms with van der Waals surface area (Å²) in [4.78, 5) is 12.2. The van der Waals surface area contributed by atoms with E-state index in [9.17, 15) is 4.79 Å². The maximum absolute atomic E-state index is 12.2. The number of fused-ring (bicyclic) bond motifs is 1. The molecule has 86 valence electrons. The molecule has 0 aromatic heterocycles. The fraction of sp³-hybridized carbons (Fsp3) is 0.533. The molecule has 1 atom stereocenters. The van der Waals surface area contributed by atoms with Crippen molar-refractivity contribution >= 4 is 5.78 Å². The second-order valence-corrected chi connectivity index (χ2v) is 5.23. The van der Waals surface area contributed by atoms with Crippen molar-refractivity contribution in [2.45, 2.75) is 40.0 Å². The topological polar surface area (TPSA) is 17.1 Å². The Bertz CT molecular complexity index is 404. The van der Waals surface area contributed by atoms with Crippen LogP contribution in [0, 0.1) is 11.8 Å². The molecular weight excluding hydrogens is 196 g/mol. The molecule has 2 rings (SSSR count). The van der Waals surface area contributed by atoms with Gasteiger partial charge in [-0.1, -0.05) is 32.9 Å². The minimum atomic E-state index is 0.124. The van der Waals surface area contributed by atoms with Gasteiger partial charge >= 0.3 is 0 Å². The summed E-state index contributed by atoms with van der Waals surface area (Å²) in [6.07, 6.45) is 3.57. The predicted molar refractivity (Wildman–Crippen MR) is 66.8 cm³/mol. The molecule has 1 aliphatic carbocycles. The SMILES string of the molecule is CC(C)C(C)C(=O)c1ccc2c(c1)CCC2. The van der Waals surface area contributed by atoms with Crippen LogP contribution in [0.2, 0.25) is 0 Å². The van der Waals surface area contributed by atoms with Gasteiger partial charge in [0.15, 0.2) is 5.78 Å². The molecular formula is C15H20O. The molecule has 1 unspecified atom stereocenters. The average Bonchev–Trinajstić information content (AvgIpc) is 2.73. The minimum absolute atomic E-state index is 0.124. The highest BCUT2D eigenvalue weighted by Gasteiger charge is 2.20. The second-order valence-electron chi connectivity index (χ2n) is 5.23. The van der Waals surface area contributed by atoms with Crippen molar-refractivity contribution < 1.29 is 4.79 Å². The maximum Gasteiger partial charge on any atom is 0.165 e. The lowest BCUT2D eigenvalue weighted by Crippen LogP contribution is -2.17. The first-order chi connectivity index (χ1) is 7.59. The fourth-order valence-corrected chi connectivity index (χ4v) is 2.29. The summed E-state index contributed by atoms with van der Waals surface area (Å²) in [6, 6.07) is 6.26. The molecule has 0 saturated heterocycles. The molecule has 0 aliphatic heterocycles. The Kier molecular flexibility index (Phi) is 3.13. The Labute approximate surface area is 97.9 Å². The summed E-state index contributed by atoms with van der Waals surface area (Å²) < 4.78 is 0. The molecule has 1 aromatic rings. The molecule has 0 heterocycles. The van der Waals surface area contributed by atoms with Gasteiger partial charge in [-0.05, 0) is 42.4 Å². The highest BCUT2D eigenvalue weighted by Crippen LogP contribution is 2.25. The van der Waals surface area contributed by atoms with Crippen LogP contribution in [0.5, 0.6) is 0 Å². The first kappa shape index (κ1) is 11.4. The molecule has 16 heavy (non-hydrogen) atoms. The van der Waals surface area contributed by atoms with Crippen LogP contribution in [0.25, 0.3) is 0 Å². The number of carbonyl (C=O) groups is 1. The highest BCUT2D eigenvalue weighted by molar-refractivity contribution is 5.98. The Morgan fingerprint density at radius 3 is 2.50 bits per heavy atom. The van der Waals surface area contributed by atoms with Gasteiger partial charge in [0.2, 0.25) is 0 Å². The van der Waals surface area contributed by atoms with Gasteiger partial charge in [0.1, 0.15) is 0 Å². The molecule has 1 heteroatoms. The van der Waals surface area contributed by atoms with E-state index < -0.39 is 0 Å². The molecule has 0 radical (unpaired) electrons. The third-order valence-electron chi connectivity index (χ3n) is 3.80. The monoisotopic (exact) mass is 216 g/mol. The van der Waals surface area contributed by atoms with E-state index in [1.165, 1.54) is 24.0 Å². The van der Waals surface area contributed by atoms with E-state index in [0.29, 0.717) is 11.7 Å². The molecule has 0 saturated carbocycles. The summed E-state index contributed by atoms with van der Waals surface area (Å²) in [6.45, 7) is 6.24. The molecule has 1 aromatic carbocycles.